The molecule has 0 aromatic rings. The molecule has 2 rings (SSSR count). The maximum absolute atomic E-state index is 3.76. The largest absolute Gasteiger partial charge is 0.314 e. The zero-order chi connectivity index (χ0) is 12.7. The summed E-state index contributed by atoms with van der Waals surface area (Å²) in [6, 6.07) is 2.19. The molecule has 2 fully saturated rings. The summed E-state index contributed by atoms with van der Waals surface area (Å²) in [6.07, 6.45) is 6.13. The number of nitrogens with one attached hydrogen (secondary N) is 1. The van der Waals surface area contributed by atoms with Crippen molar-refractivity contribution in [2.45, 2.75) is 71.3 Å². The van der Waals surface area contributed by atoms with Crippen LogP contribution in [0.25, 0.3) is 0 Å². The van der Waals surface area contributed by atoms with Crippen LogP contribution in [-0.4, -0.2) is 20.7 Å². The maximum Gasteiger partial charge on any atom is 0.0448 e. The molecule has 0 spiro atoms. The van der Waals surface area contributed by atoms with Crippen molar-refractivity contribution in [2.24, 2.45) is 17.3 Å². The van der Waals surface area contributed by atoms with E-state index in [1.807, 2.05) is 0 Å². The molecular formula is C15H31NSi. The van der Waals surface area contributed by atoms with Gasteiger partial charge in [-0.2, -0.15) is 0 Å². The highest BCUT2D eigenvalue weighted by Crippen LogP contribution is 2.58. The van der Waals surface area contributed by atoms with Gasteiger partial charge in [-0.05, 0) is 36.5 Å². The van der Waals surface area contributed by atoms with Crippen LogP contribution in [0.1, 0.15) is 39.5 Å². The van der Waals surface area contributed by atoms with Crippen molar-refractivity contribution in [1.29, 1.82) is 0 Å². The van der Waals surface area contributed by atoms with Crippen molar-refractivity contribution in [3.63, 3.8) is 0 Å². The fourth-order valence-electron chi connectivity index (χ4n) is 4.52. The first-order valence-corrected chi connectivity index (χ1v) is 11.2. The number of rotatable bonds is 5. The molecule has 1 nitrogen and oxygen atoms in total. The summed E-state index contributed by atoms with van der Waals surface area (Å²) in [6.45, 7) is 13.5. The summed E-state index contributed by atoms with van der Waals surface area (Å²) >= 11 is 0. The van der Waals surface area contributed by atoms with E-state index in [-0.39, 0.29) is 0 Å². The van der Waals surface area contributed by atoms with Gasteiger partial charge in [-0.3, -0.25) is 0 Å². The minimum atomic E-state index is -0.944. The second-order valence-electron chi connectivity index (χ2n) is 8.22. The van der Waals surface area contributed by atoms with Crippen LogP contribution in [0.3, 0.4) is 0 Å². The molecule has 0 saturated heterocycles. The normalized spacial score (nSPS) is 37.1. The molecule has 2 heteroatoms. The Labute approximate surface area is 109 Å². The van der Waals surface area contributed by atoms with Gasteiger partial charge in [-0.1, -0.05) is 46.0 Å². The predicted octanol–water partition coefficient (Wildman–Crippen LogP) is 4.13. The molecule has 2 aliphatic carbocycles. The van der Waals surface area contributed by atoms with E-state index >= 15 is 0 Å². The van der Waals surface area contributed by atoms with Gasteiger partial charge in [0.05, 0.1) is 0 Å². The lowest BCUT2D eigenvalue weighted by molar-refractivity contribution is 0.176. The highest BCUT2D eigenvalue weighted by molar-refractivity contribution is 6.76. The molecule has 100 valence electrons. The second-order valence-corrected chi connectivity index (χ2v) is 13.7. The average Bonchev–Trinajstić information content (AvgIpc) is 2.72. The van der Waals surface area contributed by atoms with Crippen LogP contribution in [-0.2, 0) is 0 Å². The molecule has 3 unspecified atom stereocenters. The van der Waals surface area contributed by atoms with E-state index in [1.165, 1.54) is 25.8 Å². The van der Waals surface area contributed by atoms with E-state index in [9.17, 15) is 0 Å². The van der Waals surface area contributed by atoms with Gasteiger partial charge >= 0.3 is 0 Å². The molecule has 0 amide bonds. The summed E-state index contributed by atoms with van der Waals surface area (Å²) in [5, 5.41) is 3.76. The Morgan fingerprint density at radius 1 is 1.24 bits per heavy atom. The second kappa shape index (κ2) is 4.69. The van der Waals surface area contributed by atoms with E-state index in [0.29, 0.717) is 11.5 Å². The highest BCUT2D eigenvalue weighted by atomic mass is 28.3. The van der Waals surface area contributed by atoms with Gasteiger partial charge in [0, 0.05) is 20.7 Å². The summed E-state index contributed by atoms with van der Waals surface area (Å²) in [7, 11) is -0.944. The van der Waals surface area contributed by atoms with Crippen LogP contribution in [0.2, 0.25) is 25.7 Å². The fraction of sp³-hybridized carbons (Fsp3) is 1.00. The van der Waals surface area contributed by atoms with Crippen molar-refractivity contribution in [2.75, 3.05) is 6.54 Å². The van der Waals surface area contributed by atoms with Gasteiger partial charge in [0.15, 0.2) is 0 Å². The molecule has 2 aliphatic rings. The molecule has 2 saturated carbocycles. The third kappa shape index (κ3) is 3.14. The van der Waals surface area contributed by atoms with Gasteiger partial charge in [0.25, 0.3) is 0 Å². The Morgan fingerprint density at radius 2 is 1.94 bits per heavy atom. The van der Waals surface area contributed by atoms with E-state index < -0.39 is 8.07 Å². The molecule has 0 heterocycles. The monoisotopic (exact) mass is 253 g/mol. The van der Waals surface area contributed by atoms with E-state index in [1.54, 1.807) is 12.5 Å². The van der Waals surface area contributed by atoms with Gasteiger partial charge in [0.1, 0.15) is 0 Å². The molecule has 0 aliphatic heterocycles. The van der Waals surface area contributed by atoms with Crippen LogP contribution in [0.5, 0.6) is 0 Å². The molecule has 0 radical (unpaired) electrons. The molecule has 17 heavy (non-hydrogen) atoms. The van der Waals surface area contributed by atoms with Crippen molar-refractivity contribution in [1.82, 2.24) is 5.32 Å². The zero-order valence-corrected chi connectivity index (χ0v) is 13.5. The van der Waals surface area contributed by atoms with E-state index in [2.05, 4.69) is 38.8 Å². The molecule has 0 aromatic carbocycles. The van der Waals surface area contributed by atoms with Crippen LogP contribution in [0.4, 0.5) is 0 Å². The Hall–Kier alpha value is 0.177. The highest BCUT2D eigenvalue weighted by Gasteiger charge is 2.51. The van der Waals surface area contributed by atoms with Crippen LogP contribution in [0.15, 0.2) is 0 Å². The summed E-state index contributed by atoms with van der Waals surface area (Å²) in [4.78, 5) is 0. The van der Waals surface area contributed by atoms with Crippen LogP contribution in [0, 0.1) is 17.3 Å². The fourth-order valence-corrected chi connectivity index (χ4v) is 7.19. The van der Waals surface area contributed by atoms with Crippen molar-refractivity contribution in [3.8, 4) is 0 Å². The quantitative estimate of drug-likeness (QED) is 0.727. The van der Waals surface area contributed by atoms with Gasteiger partial charge in [-0.25, -0.2) is 0 Å². The average molecular weight is 254 g/mol. The van der Waals surface area contributed by atoms with Gasteiger partial charge < -0.3 is 5.32 Å². The van der Waals surface area contributed by atoms with E-state index in [4.69, 9.17) is 0 Å². The molecular weight excluding hydrogens is 222 g/mol. The SMILES string of the molecule is CC(C)NCC1(C[Si](C)(C)C)CC2CCC1C2. The number of hydrogen-bond acceptors (Lipinski definition) is 1. The molecule has 1 N–H and O–H groups in total. The first kappa shape index (κ1) is 13.6. The number of fused-ring (bicyclic) bond motifs is 2. The van der Waals surface area contributed by atoms with Gasteiger partial charge in [0.2, 0.25) is 0 Å². The maximum atomic E-state index is 3.76. The van der Waals surface area contributed by atoms with Gasteiger partial charge in [-0.15, -0.1) is 0 Å². The lowest BCUT2D eigenvalue weighted by Gasteiger charge is -2.42. The standard InChI is InChI=1S/C15H31NSi/c1-12(2)16-10-15(11-17(3,4)5)9-13-6-7-14(15)8-13/h12-14,16H,6-11H2,1-5H3. The minimum absolute atomic E-state index is 0.646. The Balaban J connectivity index is 2.07. The predicted molar refractivity (Wildman–Crippen MR) is 79.2 cm³/mol. The van der Waals surface area contributed by atoms with Crippen molar-refractivity contribution < 1.29 is 0 Å². The first-order chi connectivity index (χ1) is 7.81. The summed E-state index contributed by atoms with van der Waals surface area (Å²) in [5.74, 6) is 2.12. The molecule has 2 bridgehead atoms. The minimum Gasteiger partial charge on any atom is -0.314 e. The topological polar surface area (TPSA) is 12.0 Å². The summed E-state index contributed by atoms with van der Waals surface area (Å²) in [5.41, 5.74) is 0.678. The van der Waals surface area contributed by atoms with E-state index in [0.717, 1.165) is 11.8 Å². The van der Waals surface area contributed by atoms with Crippen molar-refractivity contribution >= 4 is 8.07 Å². The first-order valence-electron chi connectivity index (χ1n) is 7.54. The zero-order valence-electron chi connectivity index (χ0n) is 12.5. The van der Waals surface area contributed by atoms with Crippen LogP contribution >= 0.6 is 0 Å². The van der Waals surface area contributed by atoms with Crippen molar-refractivity contribution in [3.05, 3.63) is 0 Å². The Morgan fingerprint density at radius 3 is 2.35 bits per heavy atom. The lowest BCUT2D eigenvalue weighted by atomic mass is 9.74. The Kier molecular flexibility index (Phi) is 3.76. The Bertz CT molecular complexity index is 269. The molecule has 0 aromatic heterocycles. The third-order valence-corrected chi connectivity index (χ3v) is 6.61. The molecule has 3 atom stereocenters. The summed E-state index contributed by atoms with van der Waals surface area (Å²) < 4.78 is 0. The smallest absolute Gasteiger partial charge is 0.0448 e. The lowest BCUT2D eigenvalue weighted by Crippen LogP contribution is -2.45. The van der Waals surface area contributed by atoms with Crippen LogP contribution < -0.4 is 5.32 Å². The third-order valence-electron chi connectivity index (χ3n) is 4.85. The number of hydrogen-bond donors (Lipinski definition) is 1.